The zero-order valence-corrected chi connectivity index (χ0v) is 12.7. The topological polar surface area (TPSA) is 32.3 Å². The minimum atomic E-state index is -0.582. The molecule has 1 fully saturated rings. The Labute approximate surface area is 124 Å². The van der Waals surface area contributed by atoms with Gasteiger partial charge in [0.15, 0.2) is 0 Å². The molecule has 1 aromatic rings. The summed E-state index contributed by atoms with van der Waals surface area (Å²) in [6, 6.07) is 5.28. The lowest BCUT2D eigenvalue weighted by atomic mass is 10.00. The van der Waals surface area contributed by atoms with Crippen molar-refractivity contribution in [2.24, 2.45) is 0 Å². The quantitative estimate of drug-likeness (QED) is 0.866. The smallest absolute Gasteiger partial charge is 0.0957 e. The number of benzene rings is 1. The van der Waals surface area contributed by atoms with Crippen LogP contribution in [0.25, 0.3) is 0 Å². The van der Waals surface area contributed by atoms with Crippen molar-refractivity contribution in [1.82, 2.24) is 5.32 Å². The van der Waals surface area contributed by atoms with Crippen LogP contribution in [0.4, 0.5) is 0 Å². The number of hydrogen-bond donors (Lipinski definition) is 2. The maximum atomic E-state index is 10.3. The van der Waals surface area contributed by atoms with Crippen molar-refractivity contribution in [2.45, 2.75) is 44.4 Å². The summed E-state index contributed by atoms with van der Waals surface area (Å²) in [5.74, 6) is 0. The SMILES string of the molecule is CC1(C)CCC(C(O)c2ccc(Cl)cc2Cl)N1.Cl. The van der Waals surface area contributed by atoms with E-state index in [1.165, 1.54) is 0 Å². The highest BCUT2D eigenvalue weighted by Gasteiger charge is 2.35. The first kappa shape index (κ1) is 16.1. The van der Waals surface area contributed by atoms with E-state index in [4.69, 9.17) is 23.2 Å². The van der Waals surface area contributed by atoms with E-state index < -0.39 is 6.10 Å². The highest BCUT2D eigenvalue weighted by atomic mass is 35.5. The Hall–Kier alpha value is 0.01000. The summed E-state index contributed by atoms with van der Waals surface area (Å²) in [5.41, 5.74) is 0.830. The van der Waals surface area contributed by atoms with Crippen LogP contribution in [0.2, 0.25) is 10.0 Å². The number of hydrogen-bond acceptors (Lipinski definition) is 2. The second kappa shape index (κ2) is 5.98. The van der Waals surface area contributed by atoms with Crippen molar-refractivity contribution in [3.63, 3.8) is 0 Å². The third-order valence-electron chi connectivity index (χ3n) is 3.32. The average Bonchev–Trinajstić information content (AvgIpc) is 2.58. The number of halogens is 3. The molecule has 0 aliphatic carbocycles. The third kappa shape index (κ3) is 3.52. The van der Waals surface area contributed by atoms with Gasteiger partial charge in [-0.1, -0.05) is 29.3 Å². The van der Waals surface area contributed by atoms with E-state index in [2.05, 4.69) is 19.2 Å². The molecule has 1 saturated heterocycles. The summed E-state index contributed by atoms with van der Waals surface area (Å²) in [4.78, 5) is 0. The van der Waals surface area contributed by atoms with Gasteiger partial charge in [0.1, 0.15) is 0 Å². The van der Waals surface area contributed by atoms with Crippen LogP contribution in [0.5, 0.6) is 0 Å². The first-order chi connectivity index (χ1) is 7.89. The maximum absolute atomic E-state index is 10.3. The molecule has 1 aliphatic heterocycles. The van der Waals surface area contributed by atoms with Crippen LogP contribution < -0.4 is 5.32 Å². The van der Waals surface area contributed by atoms with Crippen LogP contribution in [-0.4, -0.2) is 16.7 Å². The van der Waals surface area contributed by atoms with Crippen molar-refractivity contribution in [3.05, 3.63) is 33.8 Å². The molecule has 0 bridgehead atoms. The van der Waals surface area contributed by atoms with Gasteiger partial charge in [0, 0.05) is 27.2 Å². The van der Waals surface area contributed by atoms with Gasteiger partial charge >= 0.3 is 0 Å². The molecular formula is C13H18Cl3NO. The summed E-state index contributed by atoms with van der Waals surface area (Å²) in [6.45, 7) is 4.28. The summed E-state index contributed by atoms with van der Waals surface area (Å²) < 4.78 is 0. The molecule has 1 aromatic carbocycles. The molecule has 0 saturated carbocycles. The Kier molecular flexibility index (Phi) is 5.33. The maximum Gasteiger partial charge on any atom is 0.0957 e. The lowest BCUT2D eigenvalue weighted by Gasteiger charge is -2.24. The van der Waals surface area contributed by atoms with Crippen molar-refractivity contribution < 1.29 is 5.11 Å². The Morgan fingerprint density at radius 1 is 1.39 bits per heavy atom. The molecule has 2 unspecified atom stereocenters. The van der Waals surface area contributed by atoms with Gasteiger partial charge in [-0.3, -0.25) is 0 Å². The first-order valence-electron chi connectivity index (χ1n) is 5.80. The highest BCUT2D eigenvalue weighted by Crippen LogP contribution is 2.34. The molecule has 2 atom stereocenters. The van der Waals surface area contributed by atoms with Gasteiger partial charge in [0.25, 0.3) is 0 Å². The number of nitrogens with one attached hydrogen (secondary N) is 1. The summed E-state index contributed by atoms with van der Waals surface area (Å²) >= 11 is 11.9. The van der Waals surface area contributed by atoms with Crippen molar-refractivity contribution in [3.8, 4) is 0 Å². The molecule has 0 aromatic heterocycles. The molecule has 2 N–H and O–H groups in total. The van der Waals surface area contributed by atoms with Gasteiger partial charge in [-0.05, 0) is 38.8 Å². The summed E-state index contributed by atoms with van der Waals surface area (Å²) in [5, 5.41) is 14.9. The molecule has 2 rings (SSSR count). The van der Waals surface area contributed by atoms with Gasteiger partial charge in [-0.15, -0.1) is 12.4 Å². The zero-order chi connectivity index (χ0) is 12.6. The van der Waals surface area contributed by atoms with Crippen molar-refractivity contribution in [2.75, 3.05) is 0 Å². The lowest BCUT2D eigenvalue weighted by Crippen LogP contribution is -2.40. The lowest BCUT2D eigenvalue weighted by molar-refractivity contribution is 0.132. The van der Waals surface area contributed by atoms with E-state index in [0.29, 0.717) is 10.0 Å². The Balaban J connectivity index is 0.00000162. The van der Waals surface area contributed by atoms with Crippen LogP contribution in [0.1, 0.15) is 38.4 Å². The van der Waals surface area contributed by atoms with E-state index in [9.17, 15) is 5.11 Å². The van der Waals surface area contributed by atoms with E-state index in [0.717, 1.165) is 18.4 Å². The van der Waals surface area contributed by atoms with Gasteiger partial charge in [0.05, 0.1) is 6.10 Å². The number of aliphatic hydroxyl groups is 1. The summed E-state index contributed by atoms with van der Waals surface area (Å²) in [7, 11) is 0. The highest BCUT2D eigenvalue weighted by molar-refractivity contribution is 6.35. The standard InChI is InChI=1S/C13H17Cl2NO.ClH/c1-13(2)6-5-11(16-13)12(17)9-4-3-8(14)7-10(9)15;/h3-4,7,11-12,16-17H,5-6H2,1-2H3;1H. The Bertz CT molecular complexity index is 423. The molecule has 0 amide bonds. The van der Waals surface area contributed by atoms with Crippen LogP contribution in [0.3, 0.4) is 0 Å². The monoisotopic (exact) mass is 309 g/mol. The van der Waals surface area contributed by atoms with E-state index in [1.807, 2.05) is 0 Å². The minimum Gasteiger partial charge on any atom is -0.387 e. The van der Waals surface area contributed by atoms with E-state index >= 15 is 0 Å². The largest absolute Gasteiger partial charge is 0.387 e. The van der Waals surface area contributed by atoms with Crippen LogP contribution in [-0.2, 0) is 0 Å². The van der Waals surface area contributed by atoms with Crippen molar-refractivity contribution >= 4 is 35.6 Å². The zero-order valence-electron chi connectivity index (χ0n) is 10.4. The van der Waals surface area contributed by atoms with Crippen LogP contribution >= 0.6 is 35.6 Å². The normalized spacial score (nSPS) is 23.5. The average molecular weight is 311 g/mol. The third-order valence-corrected chi connectivity index (χ3v) is 3.88. The molecule has 1 heterocycles. The van der Waals surface area contributed by atoms with Gasteiger partial charge in [-0.2, -0.15) is 0 Å². The Morgan fingerprint density at radius 3 is 2.56 bits per heavy atom. The molecule has 1 aliphatic rings. The van der Waals surface area contributed by atoms with Crippen molar-refractivity contribution in [1.29, 1.82) is 0 Å². The predicted octanol–water partition coefficient (Wildman–Crippen LogP) is 3.98. The molecule has 5 heteroatoms. The van der Waals surface area contributed by atoms with E-state index in [-0.39, 0.29) is 24.0 Å². The molecule has 102 valence electrons. The fourth-order valence-electron chi connectivity index (χ4n) is 2.36. The minimum absolute atomic E-state index is 0. The van der Waals surface area contributed by atoms with E-state index in [1.54, 1.807) is 18.2 Å². The molecule has 2 nitrogen and oxygen atoms in total. The summed E-state index contributed by atoms with van der Waals surface area (Å²) in [6.07, 6.45) is 1.43. The van der Waals surface area contributed by atoms with Crippen LogP contribution in [0, 0.1) is 0 Å². The second-order valence-corrected chi connectivity index (χ2v) is 6.13. The fraction of sp³-hybridized carbons (Fsp3) is 0.538. The van der Waals surface area contributed by atoms with Gasteiger partial charge in [0.2, 0.25) is 0 Å². The first-order valence-corrected chi connectivity index (χ1v) is 6.55. The second-order valence-electron chi connectivity index (χ2n) is 5.28. The molecule has 18 heavy (non-hydrogen) atoms. The predicted molar refractivity (Wildman–Crippen MR) is 78.9 cm³/mol. The number of rotatable bonds is 2. The molecule has 0 radical (unpaired) electrons. The number of aliphatic hydroxyl groups excluding tert-OH is 1. The molecular weight excluding hydrogens is 293 g/mol. The fourth-order valence-corrected chi connectivity index (χ4v) is 2.88. The van der Waals surface area contributed by atoms with Crippen LogP contribution in [0.15, 0.2) is 18.2 Å². The Morgan fingerprint density at radius 2 is 2.06 bits per heavy atom. The van der Waals surface area contributed by atoms with Gasteiger partial charge < -0.3 is 10.4 Å². The molecule has 0 spiro atoms. The van der Waals surface area contributed by atoms with Gasteiger partial charge in [-0.25, -0.2) is 0 Å².